The summed E-state index contributed by atoms with van der Waals surface area (Å²) in [4.78, 5) is 27.4. The summed E-state index contributed by atoms with van der Waals surface area (Å²) < 4.78 is 4.62. The number of aromatic nitrogens is 1. The molecule has 0 saturated carbocycles. The molecule has 0 fully saturated rings. The van der Waals surface area contributed by atoms with Gasteiger partial charge < -0.3 is 10.1 Å². The predicted octanol–water partition coefficient (Wildman–Crippen LogP) is 2.49. The molecule has 1 N–H and O–H groups in total. The number of esters is 1. The molecular weight excluding hydrogens is 264 g/mol. The van der Waals surface area contributed by atoms with Crippen molar-refractivity contribution in [2.24, 2.45) is 0 Å². The number of carbonyl (C=O) groups excluding carboxylic acids is 2. The third-order valence-corrected chi connectivity index (χ3v) is 3.17. The molecule has 0 aliphatic rings. The molecule has 0 atom stereocenters. The number of rotatable bonds is 3. The summed E-state index contributed by atoms with van der Waals surface area (Å²) >= 11 is 1.41. The van der Waals surface area contributed by atoms with Gasteiger partial charge in [-0.15, -0.1) is 11.3 Å². The Morgan fingerprint density at radius 1 is 1.37 bits per heavy atom. The van der Waals surface area contributed by atoms with Crippen LogP contribution in [0.15, 0.2) is 29.6 Å². The molecule has 1 aromatic heterocycles. The quantitative estimate of drug-likeness (QED) is 0.874. The lowest BCUT2D eigenvalue weighted by Crippen LogP contribution is -2.13. The van der Waals surface area contributed by atoms with Crippen LogP contribution in [-0.4, -0.2) is 24.0 Å². The molecule has 0 bridgehead atoms. The smallest absolute Gasteiger partial charge is 0.337 e. The summed E-state index contributed by atoms with van der Waals surface area (Å²) in [6, 6.07) is 6.55. The fraction of sp³-hybridized carbons (Fsp3) is 0.154. The highest BCUT2D eigenvalue weighted by Gasteiger charge is 2.11. The van der Waals surface area contributed by atoms with Crippen LogP contribution in [0.1, 0.15) is 25.9 Å². The molecule has 5 nitrogen and oxygen atoms in total. The number of nitrogens with one attached hydrogen (secondary N) is 1. The monoisotopic (exact) mass is 276 g/mol. The predicted molar refractivity (Wildman–Crippen MR) is 72.6 cm³/mol. The lowest BCUT2D eigenvalue weighted by molar-refractivity contribution is 0.0600. The molecule has 1 heterocycles. The van der Waals surface area contributed by atoms with Crippen molar-refractivity contribution in [2.45, 2.75) is 6.92 Å². The number of hydrogen-bond donors (Lipinski definition) is 1. The number of carbonyl (C=O) groups is 2. The van der Waals surface area contributed by atoms with Crippen LogP contribution in [0.25, 0.3) is 0 Å². The summed E-state index contributed by atoms with van der Waals surface area (Å²) in [7, 11) is 1.31. The number of aryl methyl sites for hydroxylation is 1. The standard InChI is InChI=1S/C13H12N2O3S/c1-8-14-11(7-19-8)12(16)15-10-5-3-4-9(6-10)13(17)18-2/h3-7H,1-2H3,(H,15,16). The average Bonchev–Trinajstić information content (AvgIpc) is 2.85. The van der Waals surface area contributed by atoms with Crippen LogP contribution >= 0.6 is 11.3 Å². The van der Waals surface area contributed by atoms with Gasteiger partial charge in [-0.2, -0.15) is 0 Å². The summed E-state index contributed by atoms with van der Waals surface area (Å²) in [6.45, 7) is 1.83. The maximum atomic E-state index is 11.9. The maximum Gasteiger partial charge on any atom is 0.337 e. The fourth-order valence-electron chi connectivity index (χ4n) is 1.50. The molecule has 2 rings (SSSR count). The van der Waals surface area contributed by atoms with Crippen molar-refractivity contribution >= 4 is 28.9 Å². The molecule has 1 aromatic carbocycles. The minimum atomic E-state index is -0.444. The number of benzene rings is 1. The van der Waals surface area contributed by atoms with Gasteiger partial charge in [0.05, 0.1) is 17.7 Å². The van der Waals surface area contributed by atoms with Crippen LogP contribution in [0, 0.1) is 6.92 Å². The van der Waals surface area contributed by atoms with Gasteiger partial charge in [0.15, 0.2) is 0 Å². The number of thiazole rings is 1. The van der Waals surface area contributed by atoms with Crippen molar-refractivity contribution in [3.05, 3.63) is 45.9 Å². The Labute approximate surface area is 114 Å². The molecule has 98 valence electrons. The van der Waals surface area contributed by atoms with Gasteiger partial charge in [-0.05, 0) is 25.1 Å². The van der Waals surface area contributed by atoms with Crippen molar-refractivity contribution < 1.29 is 14.3 Å². The van der Waals surface area contributed by atoms with Crippen LogP contribution in [0.2, 0.25) is 0 Å². The van der Waals surface area contributed by atoms with Gasteiger partial charge in [-0.25, -0.2) is 9.78 Å². The molecule has 6 heteroatoms. The molecule has 0 aliphatic carbocycles. The van der Waals surface area contributed by atoms with Crippen molar-refractivity contribution in [1.82, 2.24) is 4.98 Å². The SMILES string of the molecule is COC(=O)c1cccc(NC(=O)c2csc(C)n2)c1. The van der Waals surface area contributed by atoms with E-state index in [9.17, 15) is 9.59 Å². The first-order valence-electron chi connectivity index (χ1n) is 5.52. The van der Waals surface area contributed by atoms with Gasteiger partial charge in [0.1, 0.15) is 5.69 Å². The van der Waals surface area contributed by atoms with E-state index in [1.165, 1.54) is 18.4 Å². The van der Waals surface area contributed by atoms with Gasteiger partial charge in [0, 0.05) is 11.1 Å². The summed E-state index contributed by atoms with van der Waals surface area (Å²) in [5, 5.41) is 5.20. The zero-order valence-corrected chi connectivity index (χ0v) is 11.3. The van der Waals surface area contributed by atoms with E-state index in [1.54, 1.807) is 29.6 Å². The summed E-state index contributed by atoms with van der Waals surface area (Å²) in [5.74, 6) is -0.744. The van der Waals surface area contributed by atoms with Gasteiger partial charge in [-0.1, -0.05) is 6.07 Å². The normalized spacial score (nSPS) is 10.0. The Morgan fingerprint density at radius 3 is 2.79 bits per heavy atom. The van der Waals surface area contributed by atoms with Gasteiger partial charge in [0.25, 0.3) is 5.91 Å². The number of amides is 1. The zero-order chi connectivity index (χ0) is 13.8. The Morgan fingerprint density at radius 2 is 2.16 bits per heavy atom. The van der Waals surface area contributed by atoms with Crippen LogP contribution in [0.3, 0.4) is 0 Å². The van der Waals surface area contributed by atoms with E-state index in [0.29, 0.717) is 16.9 Å². The average molecular weight is 276 g/mol. The van der Waals surface area contributed by atoms with Crippen molar-refractivity contribution in [3.63, 3.8) is 0 Å². The summed E-state index contributed by atoms with van der Waals surface area (Å²) in [6.07, 6.45) is 0. The second-order valence-electron chi connectivity index (χ2n) is 3.78. The minimum Gasteiger partial charge on any atom is -0.465 e. The third kappa shape index (κ3) is 3.17. The minimum absolute atomic E-state index is 0.300. The van der Waals surface area contributed by atoms with Gasteiger partial charge >= 0.3 is 5.97 Å². The Balaban J connectivity index is 2.15. The molecule has 0 saturated heterocycles. The van der Waals surface area contributed by atoms with E-state index in [-0.39, 0.29) is 5.91 Å². The molecule has 0 radical (unpaired) electrons. The van der Waals surface area contributed by atoms with Crippen molar-refractivity contribution in [3.8, 4) is 0 Å². The van der Waals surface area contributed by atoms with Crippen molar-refractivity contribution in [1.29, 1.82) is 0 Å². The second-order valence-corrected chi connectivity index (χ2v) is 4.84. The molecular formula is C13H12N2O3S. The highest BCUT2D eigenvalue weighted by atomic mass is 32.1. The molecule has 0 spiro atoms. The number of ether oxygens (including phenoxy) is 1. The number of methoxy groups -OCH3 is 1. The highest BCUT2D eigenvalue weighted by molar-refractivity contribution is 7.09. The van der Waals surface area contributed by atoms with Crippen LogP contribution in [0.4, 0.5) is 5.69 Å². The van der Waals surface area contributed by atoms with E-state index < -0.39 is 5.97 Å². The molecule has 0 unspecified atom stereocenters. The number of nitrogens with zero attached hydrogens (tertiary/aromatic N) is 1. The number of hydrogen-bond acceptors (Lipinski definition) is 5. The maximum absolute atomic E-state index is 11.9. The molecule has 1 amide bonds. The first-order valence-corrected chi connectivity index (χ1v) is 6.40. The van der Waals surface area contributed by atoms with E-state index in [2.05, 4.69) is 15.0 Å². The van der Waals surface area contributed by atoms with Crippen LogP contribution in [0.5, 0.6) is 0 Å². The van der Waals surface area contributed by atoms with E-state index in [4.69, 9.17) is 0 Å². The Bertz CT molecular complexity index is 622. The fourth-order valence-corrected chi connectivity index (χ4v) is 2.10. The lowest BCUT2D eigenvalue weighted by Gasteiger charge is -2.05. The third-order valence-electron chi connectivity index (χ3n) is 2.39. The second kappa shape index (κ2) is 5.62. The van der Waals surface area contributed by atoms with Crippen LogP contribution in [-0.2, 0) is 4.74 Å². The summed E-state index contributed by atoms with van der Waals surface area (Å²) in [5.41, 5.74) is 1.28. The highest BCUT2D eigenvalue weighted by Crippen LogP contribution is 2.14. The Hall–Kier alpha value is -2.21. The zero-order valence-electron chi connectivity index (χ0n) is 10.5. The van der Waals surface area contributed by atoms with E-state index >= 15 is 0 Å². The molecule has 19 heavy (non-hydrogen) atoms. The van der Waals surface area contributed by atoms with E-state index in [0.717, 1.165) is 5.01 Å². The first-order chi connectivity index (χ1) is 9.10. The Kier molecular flexibility index (Phi) is 3.91. The number of anilines is 1. The lowest BCUT2D eigenvalue weighted by atomic mass is 10.2. The van der Waals surface area contributed by atoms with E-state index in [1.807, 2.05) is 6.92 Å². The molecule has 2 aromatic rings. The van der Waals surface area contributed by atoms with Gasteiger partial charge in [-0.3, -0.25) is 4.79 Å². The van der Waals surface area contributed by atoms with Gasteiger partial charge in [0.2, 0.25) is 0 Å². The first kappa shape index (κ1) is 13.2. The molecule has 0 aliphatic heterocycles. The topological polar surface area (TPSA) is 68.3 Å². The van der Waals surface area contributed by atoms with Crippen molar-refractivity contribution in [2.75, 3.05) is 12.4 Å². The largest absolute Gasteiger partial charge is 0.465 e. The van der Waals surface area contributed by atoms with Crippen LogP contribution < -0.4 is 5.32 Å².